The largest absolute Gasteiger partial charge is 0.368 e. The van der Waals surface area contributed by atoms with Gasteiger partial charge in [-0.15, -0.1) is 0 Å². The van der Waals surface area contributed by atoms with E-state index in [1.807, 2.05) is 0 Å². The van der Waals surface area contributed by atoms with Crippen molar-refractivity contribution in [2.75, 3.05) is 17.6 Å². The molecule has 2 heterocycles. The Morgan fingerprint density at radius 1 is 1.35 bits per heavy atom. The topological polar surface area (TPSA) is 94.5 Å². The van der Waals surface area contributed by atoms with Crippen molar-refractivity contribution in [3.05, 3.63) is 18.7 Å². The molecule has 1 aliphatic rings. The lowest BCUT2D eigenvalue weighted by atomic mass is 9.92. The number of hydrogen-bond donors (Lipinski definition) is 2. The third kappa shape index (κ3) is 2.43. The van der Waals surface area contributed by atoms with E-state index < -0.39 is 0 Å². The Bertz CT molecular complexity index is 587. The van der Waals surface area contributed by atoms with Gasteiger partial charge >= 0.3 is 0 Å². The molecule has 0 bridgehead atoms. The molecule has 2 aromatic rings. The first-order valence-corrected chi connectivity index (χ1v) is 6.83. The molecule has 0 aromatic carbocycles. The number of nitrogens with two attached hydrogens (primary N) is 1. The van der Waals surface area contributed by atoms with Crippen molar-refractivity contribution >= 4 is 11.9 Å². The molecule has 7 heteroatoms. The minimum absolute atomic E-state index is 0.209. The van der Waals surface area contributed by atoms with Crippen molar-refractivity contribution in [2.45, 2.75) is 26.7 Å². The molecule has 1 fully saturated rings. The molecule has 2 aromatic heterocycles. The highest BCUT2D eigenvalue weighted by Crippen LogP contribution is 2.51. The van der Waals surface area contributed by atoms with E-state index in [-0.39, 0.29) is 5.95 Å². The van der Waals surface area contributed by atoms with E-state index in [2.05, 4.69) is 39.1 Å². The molecule has 1 aliphatic carbocycles. The first kappa shape index (κ1) is 12.8. The Labute approximate surface area is 117 Å². The molecule has 0 amide bonds. The molecule has 3 rings (SSSR count). The molecule has 0 radical (unpaired) electrons. The molecule has 0 aliphatic heterocycles. The summed E-state index contributed by atoms with van der Waals surface area (Å²) in [6.07, 6.45) is 7.59. The fraction of sp³-hybridized carbons (Fsp3) is 0.538. The van der Waals surface area contributed by atoms with Gasteiger partial charge in [0.05, 0.1) is 0 Å². The van der Waals surface area contributed by atoms with Crippen molar-refractivity contribution < 1.29 is 0 Å². The van der Waals surface area contributed by atoms with Crippen LogP contribution in [0.2, 0.25) is 0 Å². The average Bonchev–Trinajstić information content (AvgIpc) is 3.01. The van der Waals surface area contributed by atoms with Crippen LogP contribution in [0.1, 0.15) is 26.7 Å². The Kier molecular flexibility index (Phi) is 3.04. The number of rotatable bonds is 5. The fourth-order valence-corrected chi connectivity index (χ4v) is 2.33. The van der Waals surface area contributed by atoms with Gasteiger partial charge in [-0.3, -0.25) is 4.57 Å². The van der Waals surface area contributed by atoms with Gasteiger partial charge in [-0.25, -0.2) is 4.98 Å². The Balaban J connectivity index is 1.77. The van der Waals surface area contributed by atoms with Crippen LogP contribution in [0.15, 0.2) is 18.7 Å². The summed E-state index contributed by atoms with van der Waals surface area (Å²) >= 11 is 0. The molecule has 7 nitrogen and oxygen atoms in total. The summed E-state index contributed by atoms with van der Waals surface area (Å²) in [6, 6.07) is 0. The number of anilines is 2. The predicted octanol–water partition coefficient (Wildman–Crippen LogP) is 1.49. The van der Waals surface area contributed by atoms with Gasteiger partial charge in [-0.1, -0.05) is 13.8 Å². The minimum Gasteiger partial charge on any atom is -0.368 e. The van der Waals surface area contributed by atoms with Crippen molar-refractivity contribution in [1.82, 2.24) is 24.5 Å². The monoisotopic (exact) mass is 273 g/mol. The quantitative estimate of drug-likeness (QED) is 0.857. The first-order chi connectivity index (χ1) is 9.59. The minimum atomic E-state index is 0.209. The number of aromatic nitrogens is 5. The third-order valence-corrected chi connectivity index (χ3v) is 4.09. The molecule has 1 saturated carbocycles. The summed E-state index contributed by atoms with van der Waals surface area (Å²) in [5, 5.41) is 3.30. The van der Waals surface area contributed by atoms with Gasteiger partial charge in [-0.2, -0.15) is 15.0 Å². The van der Waals surface area contributed by atoms with E-state index in [4.69, 9.17) is 5.73 Å². The fourth-order valence-electron chi connectivity index (χ4n) is 2.33. The van der Waals surface area contributed by atoms with E-state index in [0.717, 1.165) is 6.54 Å². The number of nitrogen functional groups attached to an aromatic ring is 1. The lowest BCUT2D eigenvalue weighted by molar-refractivity contribution is 0.379. The molecule has 3 N–H and O–H groups in total. The molecule has 0 atom stereocenters. The number of nitrogens with one attached hydrogen (secondary N) is 1. The van der Waals surface area contributed by atoms with Crippen LogP contribution in [0.5, 0.6) is 0 Å². The maximum Gasteiger partial charge on any atom is 0.241 e. The first-order valence-electron chi connectivity index (χ1n) is 6.83. The summed E-state index contributed by atoms with van der Waals surface area (Å²) in [7, 11) is 0. The summed E-state index contributed by atoms with van der Waals surface area (Å²) in [4.78, 5) is 16.6. The van der Waals surface area contributed by atoms with E-state index in [1.165, 1.54) is 12.8 Å². The summed E-state index contributed by atoms with van der Waals surface area (Å²) < 4.78 is 1.71. The van der Waals surface area contributed by atoms with Crippen LogP contribution in [0.3, 0.4) is 0 Å². The number of hydrogen-bond acceptors (Lipinski definition) is 6. The summed E-state index contributed by atoms with van der Waals surface area (Å²) in [5.41, 5.74) is 6.13. The van der Waals surface area contributed by atoms with Crippen molar-refractivity contribution in [3.8, 4) is 5.95 Å². The van der Waals surface area contributed by atoms with Crippen LogP contribution < -0.4 is 11.1 Å². The normalized spacial score (nSPS) is 16.4. The van der Waals surface area contributed by atoms with Crippen LogP contribution in [-0.4, -0.2) is 31.0 Å². The van der Waals surface area contributed by atoms with Crippen LogP contribution >= 0.6 is 0 Å². The molecule has 20 heavy (non-hydrogen) atoms. The zero-order chi connectivity index (χ0) is 14.2. The van der Waals surface area contributed by atoms with Crippen molar-refractivity contribution in [1.29, 1.82) is 0 Å². The molecule has 0 saturated heterocycles. The average molecular weight is 273 g/mol. The number of nitrogens with zero attached hydrogens (tertiary/aromatic N) is 5. The molecule has 0 spiro atoms. The smallest absolute Gasteiger partial charge is 0.241 e. The van der Waals surface area contributed by atoms with Crippen LogP contribution in [0.25, 0.3) is 5.95 Å². The predicted molar refractivity (Wildman–Crippen MR) is 76.4 cm³/mol. The van der Waals surface area contributed by atoms with Gasteiger partial charge in [0.25, 0.3) is 0 Å². The highest BCUT2D eigenvalue weighted by atomic mass is 15.3. The zero-order valence-electron chi connectivity index (χ0n) is 11.7. The lowest BCUT2D eigenvalue weighted by Gasteiger charge is -2.20. The van der Waals surface area contributed by atoms with Crippen LogP contribution in [0, 0.1) is 11.3 Å². The van der Waals surface area contributed by atoms with E-state index >= 15 is 0 Å². The van der Waals surface area contributed by atoms with Gasteiger partial charge < -0.3 is 11.1 Å². The highest BCUT2D eigenvalue weighted by molar-refractivity contribution is 5.35. The standard InChI is InChI=1S/C13H19N7/c1-9(2)13(3-4-13)7-16-11-17-10(14)18-12(19-11)20-6-5-15-8-20/h5-6,8-9H,3-4,7H2,1-2H3,(H3,14,16,17,18,19). The van der Waals surface area contributed by atoms with E-state index in [0.29, 0.717) is 23.2 Å². The SMILES string of the molecule is CC(C)C1(CNc2nc(N)nc(-n3ccnc3)n2)CC1. The van der Waals surface area contributed by atoms with Gasteiger partial charge in [0, 0.05) is 18.9 Å². The van der Waals surface area contributed by atoms with Crippen LogP contribution in [-0.2, 0) is 0 Å². The van der Waals surface area contributed by atoms with Gasteiger partial charge in [0.15, 0.2) is 0 Å². The third-order valence-electron chi connectivity index (χ3n) is 4.09. The summed E-state index contributed by atoms with van der Waals surface area (Å²) in [6.45, 7) is 5.39. The van der Waals surface area contributed by atoms with Gasteiger partial charge in [-0.05, 0) is 24.2 Å². The Morgan fingerprint density at radius 2 is 2.15 bits per heavy atom. The Hall–Kier alpha value is -2.18. The molecule has 106 valence electrons. The zero-order valence-corrected chi connectivity index (χ0v) is 11.7. The van der Waals surface area contributed by atoms with Crippen LogP contribution in [0.4, 0.5) is 11.9 Å². The molecule has 0 unspecified atom stereocenters. The number of imidazole rings is 1. The van der Waals surface area contributed by atoms with Gasteiger partial charge in [0.1, 0.15) is 6.33 Å². The molecular formula is C13H19N7. The molecular weight excluding hydrogens is 254 g/mol. The van der Waals surface area contributed by atoms with Crippen molar-refractivity contribution in [2.24, 2.45) is 11.3 Å². The Morgan fingerprint density at radius 3 is 2.75 bits per heavy atom. The highest BCUT2D eigenvalue weighted by Gasteiger charge is 2.45. The maximum absolute atomic E-state index is 5.74. The van der Waals surface area contributed by atoms with Crippen molar-refractivity contribution in [3.63, 3.8) is 0 Å². The second kappa shape index (κ2) is 4.73. The maximum atomic E-state index is 5.74. The van der Waals surface area contributed by atoms with Gasteiger partial charge in [0.2, 0.25) is 17.8 Å². The second-order valence-electron chi connectivity index (χ2n) is 5.66. The lowest BCUT2D eigenvalue weighted by Crippen LogP contribution is -2.22. The van der Waals surface area contributed by atoms with E-state index in [1.54, 1.807) is 23.3 Å². The van der Waals surface area contributed by atoms with E-state index in [9.17, 15) is 0 Å². The summed E-state index contributed by atoms with van der Waals surface area (Å²) in [5.74, 6) is 1.86. The second-order valence-corrected chi connectivity index (χ2v) is 5.66.